The van der Waals surface area contributed by atoms with E-state index >= 15 is 0 Å². The van der Waals surface area contributed by atoms with Crippen LogP contribution in [0.5, 0.6) is 0 Å². The standard InChI is InChI=1S/C23H27NO5S/c1-17-23(2,14-8-4-7-11-22(25)26)20-15-19(30-29-28-27)12-13-21(20)24(17)16-18-9-5-3-6-10-18/h3,5-6,9-10,12-13,15H,4,7-8,11,14,16H2,1-2H3,(H-,25,26,27)/t23-/m0/s1. The molecule has 0 saturated heterocycles. The van der Waals surface area contributed by atoms with Crippen LogP contribution in [0.4, 0.5) is 5.69 Å². The van der Waals surface area contributed by atoms with Gasteiger partial charge in [-0.3, -0.25) is 9.83 Å². The first kappa shape index (κ1) is 22.5. The van der Waals surface area contributed by atoms with Crippen molar-refractivity contribution in [2.45, 2.75) is 62.8 Å². The predicted octanol–water partition coefficient (Wildman–Crippen LogP) is 4.53. The minimum atomic E-state index is -0.744. The van der Waals surface area contributed by atoms with E-state index in [2.05, 4.69) is 52.1 Å². The fraction of sp³-hybridized carbons (Fsp3) is 0.391. The summed E-state index contributed by atoms with van der Waals surface area (Å²) in [7, 11) is 0. The highest BCUT2D eigenvalue weighted by molar-refractivity contribution is 7.94. The van der Waals surface area contributed by atoms with E-state index in [1.54, 1.807) is 0 Å². The number of unbranched alkanes of at least 4 members (excludes halogenated alkanes) is 2. The van der Waals surface area contributed by atoms with Crippen molar-refractivity contribution >= 4 is 29.4 Å². The zero-order chi connectivity index (χ0) is 21.6. The second kappa shape index (κ2) is 10.2. The van der Waals surface area contributed by atoms with Gasteiger partial charge in [-0.25, -0.2) is 0 Å². The van der Waals surface area contributed by atoms with Crippen molar-refractivity contribution in [2.24, 2.45) is 0 Å². The van der Waals surface area contributed by atoms with Crippen LogP contribution in [-0.2, 0) is 26.1 Å². The Morgan fingerprint density at radius 3 is 2.63 bits per heavy atom. The Kier molecular flexibility index (Phi) is 7.66. The van der Waals surface area contributed by atoms with Gasteiger partial charge in [-0.05, 0) is 31.9 Å². The van der Waals surface area contributed by atoms with Gasteiger partial charge in [0.1, 0.15) is 0 Å². The Labute approximate surface area is 181 Å². The largest absolute Gasteiger partial charge is 0.691 e. The fourth-order valence-corrected chi connectivity index (χ4v) is 4.58. The van der Waals surface area contributed by atoms with E-state index < -0.39 is 5.97 Å². The number of benzene rings is 2. The van der Waals surface area contributed by atoms with Gasteiger partial charge in [0.2, 0.25) is 5.69 Å². The van der Waals surface area contributed by atoms with Gasteiger partial charge >= 0.3 is 5.97 Å². The van der Waals surface area contributed by atoms with Crippen molar-refractivity contribution in [3.63, 3.8) is 0 Å². The number of nitrogens with zero attached hydrogens (tertiary/aromatic N) is 1. The molecule has 0 unspecified atom stereocenters. The van der Waals surface area contributed by atoms with Crippen molar-refractivity contribution in [3.8, 4) is 0 Å². The summed E-state index contributed by atoms with van der Waals surface area (Å²) < 4.78 is 6.87. The van der Waals surface area contributed by atoms with E-state index in [1.807, 2.05) is 24.3 Å². The normalized spacial score (nSPS) is 18.0. The SMILES string of the molecule is CC1=[N+](Cc2ccccc2)c2ccc(SOO[O-])cc2[C@@]1(C)CCCCCC(=O)O. The minimum absolute atomic E-state index is 0.178. The van der Waals surface area contributed by atoms with Crippen LogP contribution < -0.4 is 5.26 Å². The Morgan fingerprint density at radius 2 is 1.93 bits per heavy atom. The molecule has 0 fully saturated rings. The molecule has 6 nitrogen and oxygen atoms in total. The molecule has 0 bridgehead atoms. The minimum Gasteiger partial charge on any atom is -0.691 e. The number of hydrogen-bond donors (Lipinski definition) is 1. The predicted molar refractivity (Wildman–Crippen MR) is 113 cm³/mol. The molecule has 0 aromatic heterocycles. The van der Waals surface area contributed by atoms with Crippen molar-refractivity contribution < 1.29 is 29.1 Å². The van der Waals surface area contributed by atoms with Crippen LogP contribution in [0, 0.1) is 0 Å². The lowest BCUT2D eigenvalue weighted by atomic mass is 9.76. The monoisotopic (exact) mass is 429 g/mol. The number of carbonyl (C=O) groups is 1. The summed E-state index contributed by atoms with van der Waals surface area (Å²) in [5.41, 5.74) is 4.66. The van der Waals surface area contributed by atoms with Crippen LogP contribution >= 0.6 is 12.0 Å². The summed E-state index contributed by atoms with van der Waals surface area (Å²) in [6.07, 6.45) is 3.64. The van der Waals surface area contributed by atoms with Crippen LogP contribution in [0.25, 0.3) is 0 Å². The molecule has 2 aromatic carbocycles. The van der Waals surface area contributed by atoms with Crippen molar-refractivity contribution in [3.05, 3.63) is 59.7 Å². The lowest BCUT2D eigenvalue weighted by Crippen LogP contribution is -2.30. The average Bonchev–Trinajstić information content (AvgIpc) is 2.94. The highest BCUT2D eigenvalue weighted by Crippen LogP contribution is 2.45. The lowest BCUT2D eigenvalue weighted by molar-refractivity contribution is -0.777. The third-order valence-corrected chi connectivity index (χ3v) is 6.54. The van der Waals surface area contributed by atoms with Crippen LogP contribution in [0.3, 0.4) is 0 Å². The Morgan fingerprint density at radius 1 is 1.17 bits per heavy atom. The average molecular weight is 430 g/mol. The molecule has 1 N–H and O–H groups in total. The first-order chi connectivity index (χ1) is 14.5. The number of fused-ring (bicyclic) bond motifs is 1. The zero-order valence-corrected chi connectivity index (χ0v) is 18.1. The molecule has 160 valence electrons. The molecule has 0 amide bonds. The van der Waals surface area contributed by atoms with E-state index in [4.69, 9.17) is 5.11 Å². The summed E-state index contributed by atoms with van der Waals surface area (Å²) in [6, 6.07) is 16.4. The molecular formula is C23H27NO5S. The maximum absolute atomic E-state index is 10.8. The number of carboxylic acid groups (broad SMARTS) is 1. The molecule has 30 heavy (non-hydrogen) atoms. The van der Waals surface area contributed by atoms with Gasteiger partial charge in [0.05, 0.1) is 17.5 Å². The van der Waals surface area contributed by atoms with E-state index in [0.29, 0.717) is 6.42 Å². The maximum atomic E-state index is 10.8. The molecule has 3 rings (SSSR count). The highest BCUT2D eigenvalue weighted by atomic mass is 32.2. The molecule has 0 spiro atoms. The molecular weight excluding hydrogens is 402 g/mol. The second-order valence-corrected chi connectivity index (χ2v) is 8.62. The number of rotatable bonds is 11. The Balaban J connectivity index is 1.88. The zero-order valence-electron chi connectivity index (χ0n) is 17.3. The van der Waals surface area contributed by atoms with E-state index in [9.17, 15) is 10.1 Å². The van der Waals surface area contributed by atoms with Crippen LogP contribution in [0.15, 0.2) is 53.4 Å². The molecule has 1 aliphatic heterocycles. The van der Waals surface area contributed by atoms with Gasteiger partial charge in [0, 0.05) is 35.4 Å². The first-order valence-corrected chi connectivity index (χ1v) is 10.8. The lowest BCUT2D eigenvalue weighted by Gasteiger charge is -2.22. The first-order valence-electron chi connectivity index (χ1n) is 10.1. The van der Waals surface area contributed by atoms with Gasteiger partial charge in [-0.2, -0.15) is 8.91 Å². The molecule has 2 aromatic rings. The Hall–Kier alpha value is -2.19. The van der Waals surface area contributed by atoms with Crippen LogP contribution in [0.1, 0.15) is 57.1 Å². The van der Waals surface area contributed by atoms with Crippen molar-refractivity contribution in [2.75, 3.05) is 0 Å². The Bertz CT molecular complexity index is 915. The molecule has 0 saturated carbocycles. The quantitative estimate of drug-likeness (QED) is 0.186. The third-order valence-electron chi connectivity index (χ3n) is 5.97. The molecule has 1 atom stereocenters. The van der Waals surface area contributed by atoms with Gasteiger partial charge < -0.3 is 10.4 Å². The van der Waals surface area contributed by atoms with Crippen LogP contribution in [0.2, 0.25) is 0 Å². The van der Waals surface area contributed by atoms with Gasteiger partial charge in [0.25, 0.3) is 0 Å². The molecule has 1 aliphatic rings. The molecule has 0 aliphatic carbocycles. The summed E-state index contributed by atoms with van der Waals surface area (Å²) in [4.78, 5) is 11.6. The molecule has 0 radical (unpaired) electrons. The molecule has 7 heteroatoms. The van der Waals surface area contributed by atoms with Gasteiger partial charge in [-0.15, -0.1) is 0 Å². The highest BCUT2D eigenvalue weighted by Gasteiger charge is 2.46. The smallest absolute Gasteiger partial charge is 0.303 e. The fourth-order valence-electron chi connectivity index (χ4n) is 4.19. The topological polar surface area (TPSA) is 81.8 Å². The third kappa shape index (κ3) is 5.10. The summed E-state index contributed by atoms with van der Waals surface area (Å²) in [5, 5.41) is 22.6. The number of carboxylic acids is 1. The number of aliphatic carboxylic acids is 1. The molecule has 1 heterocycles. The van der Waals surface area contributed by atoms with E-state index in [1.165, 1.54) is 16.8 Å². The maximum Gasteiger partial charge on any atom is 0.303 e. The van der Waals surface area contributed by atoms with Crippen molar-refractivity contribution in [1.82, 2.24) is 0 Å². The summed E-state index contributed by atoms with van der Waals surface area (Å²) >= 11 is 0.901. The van der Waals surface area contributed by atoms with Crippen molar-refractivity contribution in [1.29, 1.82) is 0 Å². The van der Waals surface area contributed by atoms with E-state index in [0.717, 1.165) is 48.4 Å². The van der Waals surface area contributed by atoms with Gasteiger partial charge in [-0.1, -0.05) is 43.2 Å². The number of hydrogen-bond acceptors (Lipinski definition) is 5. The summed E-state index contributed by atoms with van der Waals surface area (Å²) in [6.45, 7) is 5.19. The second-order valence-electron chi connectivity index (χ2n) is 7.84. The van der Waals surface area contributed by atoms with Gasteiger partial charge in [0.15, 0.2) is 12.3 Å². The summed E-state index contributed by atoms with van der Waals surface area (Å²) in [5.74, 6) is -0.744. The van der Waals surface area contributed by atoms with E-state index in [-0.39, 0.29) is 11.8 Å². The van der Waals surface area contributed by atoms with Crippen LogP contribution in [-0.4, -0.2) is 21.4 Å².